The summed E-state index contributed by atoms with van der Waals surface area (Å²) in [6.45, 7) is 3.76. The van der Waals surface area contributed by atoms with Crippen molar-refractivity contribution in [1.82, 2.24) is 24.6 Å². The zero-order valence-electron chi connectivity index (χ0n) is 18.0. The van der Waals surface area contributed by atoms with Crippen molar-refractivity contribution in [2.24, 2.45) is 5.92 Å². The first kappa shape index (κ1) is 20.4. The maximum atomic E-state index is 13.1. The quantitative estimate of drug-likeness (QED) is 0.491. The molecule has 4 aromatic rings. The first-order chi connectivity index (χ1) is 15.6. The Morgan fingerprint density at radius 2 is 2.03 bits per heavy atom. The van der Waals surface area contributed by atoms with Crippen LogP contribution in [0.4, 0.5) is 4.39 Å². The Kier molecular flexibility index (Phi) is 5.47. The van der Waals surface area contributed by atoms with E-state index in [1.54, 1.807) is 18.3 Å². The minimum atomic E-state index is -0.249. The van der Waals surface area contributed by atoms with E-state index in [4.69, 9.17) is 4.98 Å². The van der Waals surface area contributed by atoms with Gasteiger partial charge in [0.05, 0.1) is 22.9 Å². The fraction of sp³-hybridized carbons (Fsp3) is 0.320. The second-order valence-corrected chi connectivity index (χ2v) is 8.68. The number of likely N-dealkylation sites (tertiary alicyclic amines) is 1. The first-order valence-electron chi connectivity index (χ1n) is 11.1. The molecule has 2 atom stereocenters. The zero-order chi connectivity index (χ0) is 22.1. The van der Waals surface area contributed by atoms with Crippen LogP contribution in [0.5, 0.6) is 0 Å². The van der Waals surface area contributed by atoms with E-state index in [1.807, 2.05) is 23.2 Å². The van der Waals surface area contributed by atoms with E-state index in [1.165, 1.54) is 12.1 Å². The number of hydrogen-bond donors (Lipinski definition) is 1. The van der Waals surface area contributed by atoms with Crippen LogP contribution in [-0.2, 0) is 17.8 Å². The Labute approximate surface area is 186 Å². The van der Waals surface area contributed by atoms with E-state index >= 15 is 0 Å². The molecule has 0 radical (unpaired) electrons. The number of aromatic amines is 1. The van der Waals surface area contributed by atoms with Gasteiger partial charge in [-0.1, -0.05) is 12.1 Å². The number of fused-ring (bicyclic) bond motifs is 1. The highest BCUT2D eigenvalue weighted by Gasteiger charge is 2.32. The largest absolute Gasteiger partial charge is 0.346 e. The van der Waals surface area contributed by atoms with E-state index in [9.17, 15) is 9.18 Å². The summed E-state index contributed by atoms with van der Waals surface area (Å²) in [5.74, 6) is 0.332. The molecule has 4 heterocycles. The number of nitrogens with one attached hydrogen (secondary N) is 1. The fourth-order valence-electron chi connectivity index (χ4n) is 4.73. The topological polar surface area (TPSA) is 66.8 Å². The van der Waals surface area contributed by atoms with Crippen molar-refractivity contribution in [1.29, 1.82) is 0 Å². The molecule has 1 aliphatic heterocycles. The van der Waals surface area contributed by atoms with Gasteiger partial charge in [-0.25, -0.2) is 9.37 Å². The van der Waals surface area contributed by atoms with Crippen LogP contribution in [0.3, 0.4) is 0 Å². The number of benzene rings is 1. The van der Waals surface area contributed by atoms with Crippen LogP contribution in [0.1, 0.15) is 25.3 Å². The molecule has 1 amide bonds. The molecule has 5 rings (SSSR count). The molecule has 1 fully saturated rings. The molecule has 1 aromatic carbocycles. The number of H-pyrrole nitrogens is 1. The third-order valence-electron chi connectivity index (χ3n) is 6.40. The van der Waals surface area contributed by atoms with Gasteiger partial charge in [-0.05, 0) is 61.6 Å². The van der Waals surface area contributed by atoms with Crippen molar-refractivity contribution in [3.63, 3.8) is 0 Å². The van der Waals surface area contributed by atoms with Crippen molar-refractivity contribution >= 4 is 16.9 Å². The first-order valence-corrected chi connectivity index (χ1v) is 11.1. The molecule has 0 spiro atoms. The number of aromatic nitrogens is 4. The van der Waals surface area contributed by atoms with Gasteiger partial charge >= 0.3 is 0 Å². The SMILES string of the molecule is C[C@H]1CC(Cn2ccc3nc(-c4cn[nH]c4)ccc32)CN1C(=O)CCc1ccc(F)cc1. The van der Waals surface area contributed by atoms with Crippen molar-refractivity contribution < 1.29 is 9.18 Å². The van der Waals surface area contributed by atoms with Crippen LogP contribution in [0, 0.1) is 11.7 Å². The highest BCUT2D eigenvalue weighted by Crippen LogP contribution is 2.28. The molecule has 3 aromatic heterocycles. The molecule has 1 aliphatic rings. The summed E-state index contributed by atoms with van der Waals surface area (Å²) in [6, 6.07) is 12.8. The molecule has 0 bridgehead atoms. The van der Waals surface area contributed by atoms with Crippen LogP contribution < -0.4 is 0 Å². The molecule has 1 saturated heterocycles. The lowest BCUT2D eigenvalue weighted by Crippen LogP contribution is -2.34. The van der Waals surface area contributed by atoms with Crippen molar-refractivity contribution in [2.75, 3.05) is 6.54 Å². The second-order valence-electron chi connectivity index (χ2n) is 8.68. The van der Waals surface area contributed by atoms with Crippen LogP contribution in [0.15, 0.2) is 61.1 Å². The van der Waals surface area contributed by atoms with Crippen LogP contribution in [0.25, 0.3) is 22.3 Å². The van der Waals surface area contributed by atoms with Crippen molar-refractivity contribution in [2.45, 2.75) is 38.8 Å². The van der Waals surface area contributed by atoms with Crippen molar-refractivity contribution in [3.8, 4) is 11.3 Å². The minimum Gasteiger partial charge on any atom is -0.346 e. The fourth-order valence-corrected chi connectivity index (χ4v) is 4.73. The Hall–Kier alpha value is -3.48. The highest BCUT2D eigenvalue weighted by molar-refractivity contribution is 5.79. The molecule has 0 aliphatic carbocycles. The van der Waals surface area contributed by atoms with Gasteiger partial charge in [0.2, 0.25) is 5.91 Å². The Balaban J connectivity index is 1.22. The van der Waals surface area contributed by atoms with Crippen LogP contribution in [-0.4, -0.2) is 43.1 Å². The minimum absolute atomic E-state index is 0.174. The maximum Gasteiger partial charge on any atom is 0.223 e. The number of rotatable bonds is 6. The summed E-state index contributed by atoms with van der Waals surface area (Å²) in [4.78, 5) is 19.6. The molecular weight excluding hydrogens is 405 g/mol. The zero-order valence-corrected chi connectivity index (χ0v) is 18.0. The number of nitrogens with zero attached hydrogens (tertiary/aromatic N) is 4. The van der Waals surface area contributed by atoms with E-state index < -0.39 is 0 Å². The maximum absolute atomic E-state index is 13.1. The summed E-state index contributed by atoms with van der Waals surface area (Å²) in [6.07, 6.45) is 7.78. The van der Waals surface area contributed by atoms with E-state index in [0.29, 0.717) is 18.8 Å². The van der Waals surface area contributed by atoms with E-state index in [-0.39, 0.29) is 17.8 Å². The third kappa shape index (κ3) is 4.15. The highest BCUT2D eigenvalue weighted by atomic mass is 19.1. The Bertz CT molecular complexity index is 1220. The molecule has 1 N–H and O–H groups in total. The van der Waals surface area contributed by atoms with E-state index in [2.05, 4.69) is 34.0 Å². The predicted molar refractivity (Wildman–Crippen MR) is 121 cm³/mol. The number of halogens is 1. The summed E-state index contributed by atoms with van der Waals surface area (Å²) in [5.41, 5.74) is 4.92. The van der Waals surface area contributed by atoms with Gasteiger partial charge in [-0.15, -0.1) is 0 Å². The summed E-state index contributed by atoms with van der Waals surface area (Å²) < 4.78 is 15.3. The average molecular weight is 432 g/mol. The lowest BCUT2D eigenvalue weighted by molar-refractivity contribution is -0.131. The van der Waals surface area contributed by atoms with Gasteiger partial charge in [-0.3, -0.25) is 9.89 Å². The smallest absolute Gasteiger partial charge is 0.223 e. The molecular formula is C25H26FN5O. The summed E-state index contributed by atoms with van der Waals surface area (Å²) in [5, 5.41) is 6.82. The Morgan fingerprint density at radius 3 is 2.81 bits per heavy atom. The monoisotopic (exact) mass is 431 g/mol. The standard InChI is InChI=1S/C25H26FN5O/c1-17-12-19(16-31(17)25(32)9-4-18-2-5-21(26)6-3-18)15-30-11-10-23-24(30)8-7-22(29-23)20-13-27-28-14-20/h2-3,5-8,10-11,13-14,17,19H,4,9,12,15-16H2,1H3,(H,27,28)/t17-,19?/m0/s1. The molecule has 1 unspecified atom stereocenters. The molecule has 0 saturated carbocycles. The van der Waals surface area contributed by atoms with Gasteiger partial charge in [-0.2, -0.15) is 5.10 Å². The third-order valence-corrected chi connectivity index (χ3v) is 6.40. The number of pyridine rings is 1. The van der Waals surface area contributed by atoms with Crippen LogP contribution in [0.2, 0.25) is 0 Å². The number of carbonyl (C=O) groups excluding carboxylic acids is 1. The van der Waals surface area contributed by atoms with Crippen molar-refractivity contribution in [3.05, 3.63) is 72.4 Å². The molecule has 6 nitrogen and oxygen atoms in total. The summed E-state index contributed by atoms with van der Waals surface area (Å²) in [7, 11) is 0. The molecule has 164 valence electrons. The number of aryl methyl sites for hydroxylation is 1. The van der Waals surface area contributed by atoms with Gasteiger partial charge in [0.15, 0.2) is 0 Å². The van der Waals surface area contributed by atoms with Gasteiger partial charge in [0.1, 0.15) is 5.82 Å². The number of carbonyl (C=O) groups is 1. The number of amides is 1. The lowest BCUT2D eigenvalue weighted by atomic mass is 10.1. The normalized spacial score (nSPS) is 18.5. The van der Waals surface area contributed by atoms with Gasteiger partial charge < -0.3 is 9.47 Å². The number of hydrogen-bond acceptors (Lipinski definition) is 3. The van der Waals surface area contributed by atoms with Gasteiger partial charge in [0, 0.05) is 43.5 Å². The molecule has 32 heavy (non-hydrogen) atoms. The summed E-state index contributed by atoms with van der Waals surface area (Å²) >= 11 is 0. The average Bonchev–Trinajstić information content (AvgIpc) is 3.54. The second kappa shape index (κ2) is 8.57. The van der Waals surface area contributed by atoms with E-state index in [0.717, 1.165) is 47.4 Å². The predicted octanol–water partition coefficient (Wildman–Crippen LogP) is 4.44. The Morgan fingerprint density at radius 1 is 1.19 bits per heavy atom. The van der Waals surface area contributed by atoms with Crippen LogP contribution >= 0.6 is 0 Å². The lowest BCUT2D eigenvalue weighted by Gasteiger charge is -2.21. The van der Waals surface area contributed by atoms with Gasteiger partial charge in [0.25, 0.3) is 0 Å². The molecule has 7 heteroatoms.